The minimum Gasteiger partial charge on any atom is -0.390 e. The molecule has 0 atom stereocenters. The van der Waals surface area contributed by atoms with Gasteiger partial charge in [-0.3, -0.25) is 0 Å². The molecule has 0 amide bonds. The third-order valence-electron chi connectivity index (χ3n) is 1.84. The fourth-order valence-corrected chi connectivity index (χ4v) is 1.46. The normalized spacial score (nSPS) is 41.2. The summed E-state index contributed by atoms with van der Waals surface area (Å²) >= 11 is 0. The highest BCUT2D eigenvalue weighted by Gasteiger charge is 2.37. The van der Waals surface area contributed by atoms with Crippen LogP contribution >= 0.6 is 0 Å². The van der Waals surface area contributed by atoms with E-state index in [-0.39, 0.29) is 0 Å². The number of nitrogens with zero attached hydrogens (tertiary/aromatic N) is 1. The van der Waals surface area contributed by atoms with Gasteiger partial charge in [0.25, 0.3) is 0 Å². The van der Waals surface area contributed by atoms with Crippen molar-refractivity contribution < 1.29 is 5.11 Å². The van der Waals surface area contributed by atoms with Crippen molar-refractivity contribution in [3.8, 4) is 6.07 Å². The van der Waals surface area contributed by atoms with Gasteiger partial charge in [0.2, 0.25) is 0 Å². The quantitative estimate of drug-likeness (QED) is 0.569. The van der Waals surface area contributed by atoms with E-state index in [2.05, 4.69) is 6.07 Å². The minimum atomic E-state index is -0.457. The first kappa shape index (κ1) is 6.57. The Bertz CT molecular complexity index is 137. The number of aliphatic hydroxyl groups is 1. The Labute approximate surface area is 55.1 Å². The maximum absolute atomic E-state index is 9.20. The number of hydrogen-bond acceptors (Lipinski definition) is 2. The molecular formula is C7H11NO. The van der Waals surface area contributed by atoms with Crippen molar-refractivity contribution in [3.63, 3.8) is 0 Å². The predicted molar refractivity (Wildman–Crippen MR) is 33.6 cm³/mol. The molecule has 0 heterocycles. The van der Waals surface area contributed by atoms with Gasteiger partial charge in [-0.05, 0) is 25.7 Å². The summed E-state index contributed by atoms with van der Waals surface area (Å²) in [6, 6.07) is 2.10. The Morgan fingerprint density at radius 3 is 2.67 bits per heavy atom. The highest BCUT2D eigenvalue weighted by molar-refractivity contribution is 4.94. The molecule has 1 rings (SSSR count). The molecular weight excluding hydrogens is 114 g/mol. The molecule has 1 aliphatic carbocycles. The second kappa shape index (κ2) is 2.00. The first-order valence-electron chi connectivity index (χ1n) is 3.23. The van der Waals surface area contributed by atoms with Gasteiger partial charge in [0.15, 0.2) is 0 Å². The van der Waals surface area contributed by atoms with E-state index < -0.39 is 5.60 Å². The number of rotatable bonds is 1. The lowest BCUT2D eigenvalue weighted by Crippen LogP contribution is -2.40. The zero-order chi connectivity index (χ0) is 6.91. The lowest BCUT2D eigenvalue weighted by molar-refractivity contribution is -0.0551. The Morgan fingerprint density at radius 1 is 1.78 bits per heavy atom. The molecule has 1 aliphatic rings. The summed E-state index contributed by atoms with van der Waals surface area (Å²) < 4.78 is 0. The standard InChI is InChI=1S/C7H11NO/c1-7(9)4-6(5-7)2-3-8/h6,9H,2,4-5H2,1H3. The first-order chi connectivity index (χ1) is 4.14. The van der Waals surface area contributed by atoms with Gasteiger partial charge in [0.1, 0.15) is 0 Å². The average molecular weight is 125 g/mol. The minimum absolute atomic E-state index is 0.457. The average Bonchev–Trinajstić information content (AvgIpc) is 1.62. The molecule has 0 saturated heterocycles. The van der Waals surface area contributed by atoms with Gasteiger partial charge in [-0.15, -0.1) is 0 Å². The van der Waals surface area contributed by atoms with Crippen molar-refractivity contribution in [2.75, 3.05) is 0 Å². The van der Waals surface area contributed by atoms with Crippen LogP contribution in [0.25, 0.3) is 0 Å². The van der Waals surface area contributed by atoms with E-state index in [4.69, 9.17) is 5.26 Å². The van der Waals surface area contributed by atoms with Crippen LogP contribution in [0.2, 0.25) is 0 Å². The SMILES string of the molecule is CC1(O)CC(CC#N)C1. The summed E-state index contributed by atoms with van der Waals surface area (Å²) in [5.41, 5.74) is -0.457. The maximum atomic E-state index is 9.20. The topological polar surface area (TPSA) is 44.0 Å². The molecule has 0 aromatic heterocycles. The van der Waals surface area contributed by atoms with Crippen LogP contribution in [0.5, 0.6) is 0 Å². The molecule has 2 nitrogen and oxygen atoms in total. The van der Waals surface area contributed by atoms with E-state index in [1.54, 1.807) is 0 Å². The molecule has 50 valence electrons. The largest absolute Gasteiger partial charge is 0.390 e. The van der Waals surface area contributed by atoms with Gasteiger partial charge in [-0.25, -0.2) is 0 Å². The summed E-state index contributed by atoms with van der Waals surface area (Å²) in [6.45, 7) is 1.82. The van der Waals surface area contributed by atoms with E-state index in [1.165, 1.54) is 0 Å². The Balaban J connectivity index is 2.21. The van der Waals surface area contributed by atoms with Crippen LogP contribution < -0.4 is 0 Å². The molecule has 1 saturated carbocycles. The fraction of sp³-hybridized carbons (Fsp3) is 0.857. The first-order valence-corrected chi connectivity index (χ1v) is 3.23. The lowest BCUT2D eigenvalue weighted by atomic mass is 9.71. The van der Waals surface area contributed by atoms with Crippen LogP contribution in [0.4, 0.5) is 0 Å². The summed E-state index contributed by atoms with van der Waals surface area (Å²) in [4.78, 5) is 0. The van der Waals surface area contributed by atoms with Crippen molar-refractivity contribution >= 4 is 0 Å². The fourth-order valence-electron chi connectivity index (χ4n) is 1.46. The van der Waals surface area contributed by atoms with Gasteiger partial charge >= 0.3 is 0 Å². The molecule has 0 radical (unpaired) electrons. The van der Waals surface area contributed by atoms with E-state index in [1.807, 2.05) is 6.92 Å². The second-order valence-electron chi connectivity index (χ2n) is 3.13. The van der Waals surface area contributed by atoms with Crippen LogP contribution in [0.3, 0.4) is 0 Å². The molecule has 0 spiro atoms. The summed E-state index contributed by atoms with van der Waals surface area (Å²) in [5.74, 6) is 0.463. The third kappa shape index (κ3) is 1.43. The van der Waals surface area contributed by atoms with Gasteiger partial charge in [0.05, 0.1) is 11.7 Å². The van der Waals surface area contributed by atoms with Crippen LogP contribution in [-0.4, -0.2) is 10.7 Å². The smallest absolute Gasteiger partial charge is 0.0625 e. The molecule has 0 unspecified atom stereocenters. The van der Waals surface area contributed by atoms with Gasteiger partial charge in [0, 0.05) is 6.42 Å². The Morgan fingerprint density at radius 2 is 2.33 bits per heavy atom. The van der Waals surface area contributed by atoms with Crippen LogP contribution in [0.15, 0.2) is 0 Å². The van der Waals surface area contributed by atoms with Crippen molar-refractivity contribution in [1.82, 2.24) is 0 Å². The summed E-state index contributed by atoms with van der Waals surface area (Å²) in [6.07, 6.45) is 2.22. The maximum Gasteiger partial charge on any atom is 0.0625 e. The van der Waals surface area contributed by atoms with Gasteiger partial charge in [-0.1, -0.05) is 0 Å². The highest BCUT2D eigenvalue weighted by Crippen LogP contribution is 2.38. The zero-order valence-corrected chi connectivity index (χ0v) is 5.59. The van der Waals surface area contributed by atoms with Gasteiger partial charge < -0.3 is 5.11 Å². The van der Waals surface area contributed by atoms with Crippen molar-refractivity contribution in [3.05, 3.63) is 0 Å². The molecule has 1 N–H and O–H groups in total. The van der Waals surface area contributed by atoms with Crippen LogP contribution in [0.1, 0.15) is 26.2 Å². The van der Waals surface area contributed by atoms with Crippen molar-refractivity contribution in [2.24, 2.45) is 5.92 Å². The molecule has 2 heteroatoms. The van der Waals surface area contributed by atoms with E-state index >= 15 is 0 Å². The Hall–Kier alpha value is -0.550. The van der Waals surface area contributed by atoms with E-state index in [0.717, 1.165) is 12.8 Å². The van der Waals surface area contributed by atoms with Gasteiger partial charge in [-0.2, -0.15) is 5.26 Å². The predicted octanol–water partition coefficient (Wildman–Crippen LogP) is 1.06. The highest BCUT2D eigenvalue weighted by atomic mass is 16.3. The lowest BCUT2D eigenvalue weighted by Gasteiger charge is -2.39. The number of nitriles is 1. The molecule has 9 heavy (non-hydrogen) atoms. The summed E-state index contributed by atoms with van der Waals surface area (Å²) in [7, 11) is 0. The molecule has 0 aromatic carbocycles. The number of hydrogen-bond donors (Lipinski definition) is 1. The molecule has 1 fully saturated rings. The molecule has 0 bridgehead atoms. The van der Waals surface area contributed by atoms with E-state index in [0.29, 0.717) is 12.3 Å². The van der Waals surface area contributed by atoms with Crippen molar-refractivity contribution in [2.45, 2.75) is 31.8 Å². The third-order valence-corrected chi connectivity index (χ3v) is 1.84. The molecule has 0 aliphatic heterocycles. The summed E-state index contributed by atoms with van der Waals surface area (Å²) in [5, 5.41) is 17.4. The second-order valence-corrected chi connectivity index (χ2v) is 3.13. The zero-order valence-electron chi connectivity index (χ0n) is 5.59. The van der Waals surface area contributed by atoms with E-state index in [9.17, 15) is 5.11 Å². The van der Waals surface area contributed by atoms with Crippen molar-refractivity contribution in [1.29, 1.82) is 5.26 Å². The van der Waals surface area contributed by atoms with Crippen LogP contribution in [-0.2, 0) is 0 Å². The monoisotopic (exact) mass is 125 g/mol. The van der Waals surface area contributed by atoms with Crippen LogP contribution in [0, 0.1) is 17.2 Å². The Kier molecular flexibility index (Phi) is 1.46. The molecule has 0 aromatic rings.